The van der Waals surface area contributed by atoms with Gasteiger partial charge in [-0.25, -0.2) is 0 Å². The molecule has 142 valence electrons. The molecule has 2 N–H and O–H groups in total. The fourth-order valence-corrected chi connectivity index (χ4v) is 3.08. The molecule has 0 radical (unpaired) electrons. The van der Waals surface area contributed by atoms with Crippen LogP contribution < -0.4 is 15.4 Å². The van der Waals surface area contributed by atoms with E-state index in [2.05, 4.69) is 10.6 Å². The van der Waals surface area contributed by atoms with E-state index < -0.39 is 10.2 Å². The Morgan fingerprint density at radius 3 is 2.37 bits per heavy atom. The number of hydrogen-bond acceptors (Lipinski definition) is 6. The van der Waals surface area contributed by atoms with Crippen molar-refractivity contribution in [2.75, 3.05) is 17.7 Å². The summed E-state index contributed by atoms with van der Waals surface area (Å²) in [5.41, 5.74) is 0.924. The van der Waals surface area contributed by atoms with E-state index in [0.717, 1.165) is 4.90 Å². The molecule has 0 aliphatic heterocycles. The van der Waals surface area contributed by atoms with E-state index in [4.69, 9.17) is 4.74 Å². The average molecular weight is 389 g/mol. The highest BCUT2D eigenvalue weighted by atomic mass is 32.2. The molecule has 0 unspecified atom stereocenters. The Hall–Kier alpha value is -3.07. The number of carbonyl (C=O) groups excluding carboxylic acids is 2. The first-order chi connectivity index (χ1) is 12.8. The maximum Gasteiger partial charge on any atom is 0.273 e. The van der Waals surface area contributed by atoms with Crippen LogP contribution in [0.2, 0.25) is 0 Å². The van der Waals surface area contributed by atoms with Crippen LogP contribution in [0.1, 0.15) is 13.8 Å². The average Bonchev–Trinajstić information content (AvgIpc) is 2.62. The van der Waals surface area contributed by atoms with E-state index in [9.17, 15) is 19.7 Å². The molecule has 2 amide bonds. The van der Waals surface area contributed by atoms with Crippen LogP contribution in [0.3, 0.4) is 0 Å². The maximum atomic E-state index is 12.4. The van der Waals surface area contributed by atoms with Crippen LogP contribution in [-0.4, -0.2) is 29.1 Å². The van der Waals surface area contributed by atoms with Crippen molar-refractivity contribution in [1.82, 2.24) is 0 Å². The highest BCUT2D eigenvalue weighted by molar-refractivity contribution is 8.00. The molecule has 2 aromatic carbocycles. The molecule has 0 saturated carbocycles. The smallest absolute Gasteiger partial charge is 0.273 e. The molecule has 2 aromatic rings. The van der Waals surface area contributed by atoms with Crippen LogP contribution in [0.15, 0.2) is 47.4 Å². The molecule has 0 bridgehead atoms. The van der Waals surface area contributed by atoms with Crippen LogP contribution >= 0.6 is 11.8 Å². The highest BCUT2D eigenvalue weighted by Crippen LogP contribution is 2.31. The predicted octanol–water partition coefficient (Wildman–Crippen LogP) is 3.68. The monoisotopic (exact) mass is 389 g/mol. The Balaban J connectivity index is 2.03. The van der Waals surface area contributed by atoms with Gasteiger partial charge in [-0.15, -0.1) is 11.8 Å². The quantitative estimate of drug-likeness (QED) is 0.425. The molecular formula is C18H19N3O5S. The number of nitrogens with zero attached hydrogens (tertiary/aromatic N) is 1. The van der Waals surface area contributed by atoms with E-state index in [1.165, 1.54) is 44.0 Å². The molecule has 0 saturated heterocycles. The molecule has 0 spiro atoms. The summed E-state index contributed by atoms with van der Waals surface area (Å²) >= 11 is 1.35. The van der Waals surface area contributed by atoms with Crippen molar-refractivity contribution in [2.24, 2.45) is 0 Å². The topological polar surface area (TPSA) is 111 Å². The Bertz CT molecular complexity index is 855. The first-order valence-electron chi connectivity index (χ1n) is 7.97. The van der Waals surface area contributed by atoms with Gasteiger partial charge in [-0.05, 0) is 37.3 Å². The molecule has 2 rings (SSSR count). The van der Waals surface area contributed by atoms with Crippen molar-refractivity contribution in [2.45, 2.75) is 24.0 Å². The SMILES string of the molecule is COc1cc([N+](=O)[O-])ccc1NC(=O)[C@@H](C)Sc1ccc(NC(C)=O)cc1. The van der Waals surface area contributed by atoms with Gasteiger partial charge in [0.2, 0.25) is 11.8 Å². The second kappa shape index (κ2) is 9.04. The normalized spacial score (nSPS) is 11.4. The number of hydrogen-bond donors (Lipinski definition) is 2. The van der Waals surface area contributed by atoms with Gasteiger partial charge in [-0.3, -0.25) is 19.7 Å². The Kier molecular flexibility index (Phi) is 6.78. The van der Waals surface area contributed by atoms with Gasteiger partial charge < -0.3 is 15.4 Å². The second-order valence-corrected chi connectivity index (χ2v) is 7.01. The number of nitrogens with one attached hydrogen (secondary N) is 2. The van der Waals surface area contributed by atoms with E-state index in [0.29, 0.717) is 11.4 Å². The fraction of sp³-hybridized carbons (Fsp3) is 0.222. The van der Waals surface area contributed by atoms with Gasteiger partial charge in [0, 0.05) is 23.6 Å². The molecule has 1 atom stereocenters. The Labute approximate surface area is 160 Å². The molecule has 0 fully saturated rings. The predicted molar refractivity (Wildman–Crippen MR) is 104 cm³/mol. The lowest BCUT2D eigenvalue weighted by atomic mass is 10.2. The van der Waals surface area contributed by atoms with E-state index in [1.54, 1.807) is 19.1 Å². The van der Waals surface area contributed by atoms with E-state index in [1.807, 2.05) is 12.1 Å². The number of thioether (sulfide) groups is 1. The zero-order valence-electron chi connectivity index (χ0n) is 15.0. The molecule has 0 aliphatic rings. The van der Waals surface area contributed by atoms with Crippen molar-refractivity contribution in [3.63, 3.8) is 0 Å². The van der Waals surface area contributed by atoms with Gasteiger partial charge in [0.15, 0.2) is 0 Å². The summed E-state index contributed by atoms with van der Waals surface area (Å²) in [5.74, 6) is -0.201. The first kappa shape index (κ1) is 20.2. The summed E-state index contributed by atoms with van der Waals surface area (Å²) in [6.07, 6.45) is 0. The third-order valence-corrected chi connectivity index (χ3v) is 4.62. The van der Waals surface area contributed by atoms with Gasteiger partial charge in [0.25, 0.3) is 5.69 Å². The number of non-ortho nitro benzene ring substituents is 1. The molecule has 9 heteroatoms. The molecule has 27 heavy (non-hydrogen) atoms. The Morgan fingerprint density at radius 1 is 1.15 bits per heavy atom. The lowest BCUT2D eigenvalue weighted by Gasteiger charge is -2.14. The largest absolute Gasteiger partial charge is 0.494 e. The van der Waals surface area contributed by atoms with E-state index >= 15 is 0 Å². The summed E-state index contributed by atoms with van der Waals surface area (Å²) in [4.78, 5) is 34.6. The van der Waals surface area contributed by atoms with Gasteiger partial charge in [-0.1, -0.05) is 0 Å². The van der Waals surface area contributed by atoms with Crippen LogP contribution in [-0.2, 0) is 9.59 Å². The summed E-state index contributed by atoms with van der Waals surface area (Å²) in [5, 5.41) is 15.8. The summed E-state index contributed by atoms with van der Waals surface area (Å²) in [6.45, 7) is 3.18. The van der Waals surface area contributed by atoms with Crippen molar-refractivity contribution < 1.29 is 19.2 Å². The minimum absolute atomic E-state index is 0.119. The molecular weight excluding hydrogens is 370 g/mol. The number of anilines is 2. The first-order valence-corrected chi connectivity index (χ1v) is 8.85. The van der Waals surface area contributed by atoms with E-state index in [-0.39, 0.29) is 23.3 Å². The van der Waals surface area contributed by atoms with Crippen LogP contribution in [0.25, 0.3) is 0 Å². The van der Waals surface area contributed by atoms with Gasteiger partial charge in [0.1, 0.15) is 5.75 Å². The van der Waals surface area contributed by atoms with Gasteiger partial charge in [0.05, 0.1) is 29.0 Å². The summed E-state index contributed by atoms with van der Waals surface area (Å²) in [6, 6.07) is 11.1. The van der Waals surface area contributed by atoms with Crippen LogP contribution in [0, 0.1) is 10.1 Å². The zero-order valence-corrected chi connectivity index (χ0v) is 15.8. The van der Waals surface area contributed by atoms with Crippen molar-refractivity contribution >= 4 is 40.6 Å². The van der Waals surface area contributed by atoms with Gasteiger partial charge in [-0.2, -0.15) is 0 Å². The van der Waals surface area contributed by atoms with Gasteiger partial charge >= 0.3 is 0 Å². The van der Waals surface area contributed by atoms with Crippen molar-refractivity contribution in [1.29, 1.82) is 0 Å². The third-order valence-electron chi connectivity index (χ3n) is 3.51. The molecule has 0 aliphatic carbocycles. The fourth-order valence-electron chi connectivity index (χ4n) is 2.21. The lowest BCUT2D eigenvalue weighted by molar-refractivity contribution is -0.384. The molecule has 8 nitrogen and oxygen atoms in total. The number of nitro benzene ring substituents is 1. The van der Waals surface area contributed by atoms with Crippen molar-refractivity contribution in [3.05, 3.63) is 52.6 Å². The standard InChI is InChI=1S/C18H19N3O5S/c1-11(27-15-7-4-13(5-8-15)19-12(2)22)18(23)20-16-9-6-14(21(24)25)10-17(16)26-3/h4-11H,1-3H3,(H,19,22)(H,20,23)/t11-/m1/s1. The number of methoxy groups -OCH3 is 1. The maximum absolute atomic E-state index is 12.4. The molecule has 0 heterocycles. The number of ether oxygens (including phenoxy) is 1. The minimum Gasteiger partial charge on any atom is -0.494 e. The van der Waals surface area contributed by atoms with Crippen LogP contribution in [0.4, 0.5) is 17.1 Å². The van der Waals surface area contributed by atoms with Crippen LogP contribution in [0.5, 0.6) is 5.75 Å². The number of nitro groups is 1. The number of benzene rings is 2. The lowest BCUT2D eigenvalue weighted by Crippen LogP contribution is -2.22. The summed E-state index contributed by atoms with van der Waals surface area (Å²) in [7, 11) is 1.38. The highest BCUT2D eigenvalue weighted by Gasteiger charge is 2.18. The number of amides is 2. The second-order valence-electron chi connectivity index (χ2n) is 5.60. The van der Waals surface area contributed by atoms with Crippen molar-refractivity contribution in [3.8, 4) is 5.75 Å². The minimum atomic E-state index is -0.531. The number of carbonyl (C=O) groups is 2. The third kappa shape index (κ3) is 5.71. The number of rotatable bonds is 7. The Morgan fingerprint density at radius 2 is 1.81 bits per heavy atom. The zero-order chi connectivity index (χ0) is 20.0. The summed E-state index contributed by atoms with van der Waals surface area (Å²) < 4.78 is 5.12. The molecule has 0 aromatic heterocycles.